The molecule has 0 aromatic carbocycles. The predicted molar refractivity (Wildman–Crippen MR) is 58.6 cm³/mol. The van der Waals surface area contributed by atoms with Gasteiger partial charge in [-0.05, 0) is 11.8 Å². The lowest BCUT2D eigenvalue weighted by molar-refractivity contribution is -0.00302. The van der Waals surface area contributed by atoms with Gasteiger partial charge in [-0.25, -0.2) is 9.18 Å². The van der Waals surface area contributed by atoms with E-state index in [1.54, 1.807) is 20.8 Å². The van der Waals surface area contributed by atoms with E-state index >= 15 is 0 Å². The van der Waals surface area contributed by atoms with Crippen molar-refractivity contribution < 1.29 is 14.3 Å². The quantitative estimate of drug-likeness (QED) is 0.546. The number of hydrogen-bond acceptors (Lipinski definition) is 3. The first-order valence-corrected chi connectivity index (χ1v) is 5.49. The summed E-state index contributed by atoms with van der Waals surface area (Å²) in [5, 5.41) is 12.6. The van der Waals surface area contributed by atoms with Crippen molar-refractivity contribution in [1.82, 2.24) is 9.81 Å². The number of carbonyl (C=O) groups is 1. The molecule has 0 radical (unpaired) electrons. The summed E-state index contributed by atoms with van der Waals surface area (Å²) in [6, 6.07) is -1.48. The molecule has 1 unspecified atom stereocenters. The number of halogens is 1. The van der Waals surface area contributed by atoms with Gasteiger partial charge in [0, 0.05) is 6.54 Å². The molecule has 1 amide bonds. The molecule has 1 aliphatic heterocycles. The summed E-state index contributed by atoms with van der Waals surface area (Å²) < 4.78 is 14.3. The van der Waals surface area contributed by atoms with Crippen LogP contribution in [0.25, 0.3) is 0 Å². The van der Waals surface area contributed by atoms with E-state index in [1.165, 1.54) is 0 Å². The number of likely N-dealkylation sites (tertiary alicyclic amines) is 1. The Hall–Kier alpha value is -1.49. The molecule has 1 aliphatic rings. The number of piperidine rings is 1. The Kier molecular flexibility index (Phi) is 3.83. The van der Waals surface area contributed by atoms with Gasteiger partial charge in [0.1, 0.15) is 10.6 Å². The Bertz CT molecular complexity index is 349. The smallest absolute Gasteiger partial charge is 0.407 e. The minimum Gasteiger partial charge on any atom is -0.465 e. The lowest BCUT2D eigenvalue weighted by Crippen LogP contribution is -2.59. The second-order valence-corrected chi connectivity index (χ2v) is 5.30. The van der Waals surface area contributed by atoms with Crippen LogP contribution in [0.1, 0.15) is 27.2 Å². The number of alkyl halides is 1. The van der Waals surface area contributed by atoms with Gasteiger partial charge in [0.2, 0.25) is 4.91 Å². The average molecular weight is 245 g/mol. The zero-order valence-corrected chi connectivity index (χ0v) is 10.2. The van der Waals surface area contributed by atoms with Crippen LogP contribution in [-0.2, 0) is 0 Å². The van der Waals surface area contributed by atoms with Crippen molar-refractivity contribution in [2.75, 3.05) is 6.54 Å². The Morgan fingerprint density at radius 1 is 1.59 bits per heavy atom. The normalized spacial score (nSPS) is 29.6. The van der Waals surface area contributed by atoms with E-state index in [0.717, 1.165) is 4.90 Å². The molecule has 0 spiro atoms. The Morgan fingerprint density at radius 2 is 2.18 bits per heavy atom. The predicted octanol–water partition coefficient (Wildman–Crippen LogP) is 2.04. The van der Waals surface area contributed by atoms with Crippen molar-refractivity contribution in [3.8, 4) is 0 Å². The van der Waals surface area contributed by atoms with Gasteiger partial charge in [-0.15, -0.1) is 0 Å². The van der Waals surface area contributed by atoms with Crippen molar-refractivity contribution in [2.24, 2.45) is 10.5 Å². The summed E-state index contributed by atoms with van der Waals surface area (Å²) >= 11 is 0. The summed E-state index contributed by atoms with van der Waals surface area (Å²) in [5.41, 5.74) is 6.13. The molecule has 17 heavy (non-hydrogen) atoms. The lowest BCUT2D eigenvalue weighted by atomic mass is 9.78. The van der Waals surface area contributed by atoms with E-state index in [0.29, 0.717) is 0 Å². The van der Waals surface area contributed by atoms with E-state index in [-0.39, 0.29) is 13.0 Å². The first-order valence-electron chi connectivity index (χ1n) is 5.49. The third-order valence-corrected chi connectivity index (χ3v) is 3.01. The van der Waals surface area contributed by atoms with Crippen molar-refractivity contribution in [3.05, 3.63) is 0 Å². The minimum atomic E-state index is -1.42. The van der Waals surface area contributed by atoms with E-state index in [2.05, 4.69) is 10.0 Å². The van der Waals surface area contributed by atoms with Crippen LogP contribution in [0.3, 0.4) is 0 Å². The largest absolute Gasteiger partial charge is 0.465 e. The van der Waals surface area contributed by atoms with Gasteiger partial charge in [0.25, 0.3) is 0 Å². The molecular formula is C10H18FN4O2+. The van der Waals surface area contributed by atoms with Crippen LogP contribution < -0.4 is 4.91 Å². The van der Waals surface area contributed by atoms with Crippen LogP contribution in [0, 0.1) is 10.9 Å². The fourth-order valence-electron chi connectivity index (χ4n) is 2.31. The SMILES string of the molecule is CC(C)(C)C1[C@H](F)[C@@H](N=[N+]=N)CCN1C(=O)O. The van der Waals surface area contributed by atoms with Crippen molar-refractivity contribution in [2.45, 2.75) is 45.4 Å². The summed E-state index contributed by atoms with van der Waals surface area (Å²) in [5.74, 6) is 0. The molecule has 2 N–H and O–H groups in total. The maximum atomic E-state index is 14.3. The molecule has 1 fully saturated rings. The topological polar surface area (TPSA) is 90.9 Å². The molecule has 0 saturated carbocycles. The maximum absolute atomic E-state index is 14.3. The van der Waals surface area contributed by atoms with Crippen molar-refractivity contribution in [3.63, 3.8) is 0 Å². The van der Waals surface area contributed by atoms with Gasteiger partial charge >= 0.3 is 6.09 Å². The molecule has 3 atom stereocenters. The molecule has 96 valence electrons. The third-order valence-electron chi connectivity index (χ3n) is 3.01. The van der Waals surface area contributed by atoms with Crippen LogP contribution in [0.4, 0.5) is 9.18 Å². The second-order valence-electron chi connectivity index (χ2n) is 5.30. The third kappa shape index (κ3) is 2.79. The molecule has 0 aliphatic carbocycles. The van der Waals surface area contributed by atoms with E-state index in [4.69, 9.17) is 10.6 Å². The summed E-state index contributed by atoms with van der Waals surface area (Å²) in [7, 11) is 0. The average Bonchev–Trinajstić information content (AvgIpc) is 2.18. The molecule has 1 rings (SSSR count). The molecule has 1 heterocycles. The highest BCUT2D eigenvalue weighted by atomic mass is 19.1. The highest BCUT2D eigenvalue weighted by molar-refractivity contribution is 5.66. The van der Waals surface area contributed by atoms with Crippen LogP contribution in [0.15, 0.2) is 5.11 Å². The molecule has 0 bridgehead atoms. The van der Waals surface area contributed by atoms with E-state index < -0.39 is 29.8 Å². The van der Waals surface area contributed by atoms with Crippen molar-refractivity contribution in [1.29, 1.82) is 5.53 Å². The molecule has 7 heteroatoms. The van der Waals surface area contributed by atoms with Crippen LogP contribution in [0.5, 0.6) is 0 Å². The molecule has 6 nitrogen and oxygen atoms in total. The summed E-state index contributed by atoms with van der Waals surface area (Å²) in [6.07, 6.45) is -2.27. The molecule has 1 saturated heterocycles. The van der Waals surface area contributed by atoms with Crippen LogP contribution in [-0.4, -0.2) is 40.9 Å². The maximum Gasteiger partial charge on any atom is 0.407 e. The van der Waals surface area contributed by atoms with Gasteiger partial charge < -0.3 is 10.0 Å². The fourth-order valence-corrected chi connectivity index (χ4v) is 2.31. The Balaban J connectivity index is 3.03. The van der Waals surface area contributed by atoms with Gasteiger partial charge in [-0.3, -0.25) is 0 Å². The monoisotopic (exact) mass is 245 g/mol. The van der Waals surface area contributed by atoms with E-state index in [9.17, 15) is 9.18 Å². The number of nitrogens with one attached hydrogen (secondary N) is 1. The standard InChI is InChI=1S/C10H17FN4O2/c1-10(2,3)8-7(11)6(13-14-12)4-5-15(8)9(16)17/h6-8,12H,4-5H2,1-3H3/p+1/t6-,7+,8?/m0/s1. The van der Waals surface area contributed by atoms with E-state index in [1.807, 2.05) is 0 Å². The number of nitrogens with zero attached hydrogens (tertiary/aromatic N) is 3. The number of carboxylic acid groups (broad SMARTS) is 1. The Labute approximate surface area is 99.0 Å². The number of rotatable bonds is 1. The summed E-state index contributed by atoms with van der Waals surface area (Å²) in [4.78, 5) is 15.1. The zero-order chi connectivity index (χ0) is 13.2. The second kappa shape index (κ2) is 4.79. The molecule has 0 aromatic heterocycles. The number of amides is 1. The zero-order valence-electron chi connectivity index (χ0n) is 10.2. The van der Waals surface area contributed by atoms with Crippen LogP contribution in [0.2, 0.25) is 0 Å². The van der Waals surface area contributed by atoms with Gasteiger partial charge in [0.15, 0.2) is 12.2 Å². The lowest BCUT2D eigenvalue weighted by Gasteiger charge is -2.44. The first kappa shape index (κ1) is 13.6. The van der Waals surface area contributed by atoms with Gasteiger partial charge in [0.05, 0.1) is 6.04 Å². The first-order chi connectivity index (χ1) is 7.79. The van der Waals surface area contributed by atoms with Gasteiger partial charge in [-0.2, -0.15) is 0 Å². The van der Waals surface area contributed by atoms with Gasteiger partial charge in [-0.1, -0.05) is 20.8 Å². The number of hydrogen-bond donors (Lipinski definition) is 2. The fraction of sp³-hybridized carbons (Fsp3) is 0.900. The summed E-state index contributed by atoms with van der Waals surface area (Å²) in [6.45, 7) is 5.60. The Morgan fingerprint density at radius 3 is 2.59 bits per heavy atom. The highest BCUT2D eigenvalue weighted by Crippen LogP contribution is 2.35. The minimum absolute atomic E-state index is 0.224. The highest BCUT2D eigenvalue weighted by Gasteiger charge is 2.48. The van der Waals surface area contributed by atoms with Crippen molar-refractivity contribution >= 4 is 6.09 Å². The molecule has 0 aromatic rings. The van der Waals surface area contributed by atoms with Crippen LogP contribution >= 0.6 is 0 Å². The molecular weight excluding hydrogens is 227 g/mol.